The van der Waals surface area contributed by atoms with E-state index in [0.717, 1.165) is 5.56 Å². The lowest BCUT2D eigenvalue weighted by Crippen LogP contribution is -2.38. The van der Waals surface area contributed by atoms with Crippen LogP contribution >= 0.6 is 0 Å². The highest BCUT2D eigenvalue weighted by molar-refractivity contribution is 7.89. The van der Waals surface area contributed by atoms with Crippen molar-refractivity contribution in [3.8, 4) is 23.0 Å². The molecule has 1 atom stereocenters. The Labute approximate surface area is 196 Å². The first-order chi connectivity index (χ1) is 16.3. The van der Waals surface area contributed by atoms with E-state index in [9.17, 15) is 18.0 Å². The van der Waals surface area contributed by atoms with Crippen LogP contribution in [-0.2, 0) is 30.9 Å². The molecular formula is C22H24N2O9S. The van der Waals surface area contributed by atoms with Gasteiger partial charge in [0.05, 0.1) is 18.1 Å². The average molecular weight is 493 g/mol. The number of carbonyl (C=O) groups excluding carboxylic acids is 2. The number of fused-ring (bicyclic) bond motifs is 2. The van der Waals surface area contributed by atoms with Crippen molar-refractivity contribution in [2.45, 2.75) is 30.9 Å². The van der Waals surface area contributed by atoms with Crippen molar-refractivity contribution in [3.63, 3.8) is 0 Å². The fraction of sp³-hybridized carbons (Fsp3) is 0.364. The highest BCUT2D eigenvalue weighted by atomic mass is 32.2. The summed E-state index contributed by atoms with van der Waals surface area (Å²) in [4.78, 5) is 24.3. The van der Waals surface area contributed by atoms with Crippen LogP contribution in [0.4, 0.5) is 0 Å². The second-order valence-corrected chi connectivity index (χ2v) is 9.29. The Balaban J connectivity index is 1.25. The molecule has 2 heterocycles. The Morgan fingerprint density at radius 3 is 2.47 bits per heavy atom. The molecule has 0 saturated carbocycles. The van der Waals surface area contributed by atoms with Crippen LogP contribution in [0.2, 0.25) is 0 Å². The third-order valence-electron chi connectivity index (χ3n) is 5.02. The lowest BCUT2D eigenvalue weighted by Gasteiger charge is -2.14. The van der Waals surface area contributed by atoms with E-state index in [0.29, 0.717) is 42.6 Å². The molecule has 0 aromatic heterocycles. The number of hydrogen-bond acceptors (Lipinski definition) is 9. The van der Waals surface area contributed by atoms with Gasteiger partial charge < -0.3 is 29.0 Å². The molecule has 12 heteroatoms. The SMILES string of the molecule is C[C@H](OC(=O)CNS(=O)(=O)c1ccc2c(c1)OCCCO2)C(=O)NCc1ccc2c(c1)OCO2. The van der Waals surface area contributed by atoms with Crippen molar-refractivity contribution in [2.75, 3.05) is 26.6 Å². The molecule has 2 aliphatic heterocycles. The Kier molecular flexibility index (Phi) is 7.08. The van der Waals surface area contributed by atoms with Crippen LogP contribution in [0.25, 0.3) is 0 Å². The van der Waals surface area contributed by atoms with Gasteiger partial charge in [-0.15, -0.1) is 0 Å². The van der Waals surface area contributed by atoms with Gasteiger partial charge in [-0.3, -0.25) is 9.59 Å². The molecule has 0 fully saturated rings. The molecule has 0 spiro atoms. The predicted octanol–water partition coefficient (Wildman–Crippen LogP) is 1.10. The van der Waals surface area contributed by atoms with Gasteiger partial charge in [0, 0.05) is 19.0 Å². The lowest BCUT2D eigenvalue weighted by molar-refractivity contribution is -0.153. The normalized spacial score (nSPS) is 15.2. The molecule has 1 amide bonds. The zero-order valence-electron chi connectivity index (χ0n) is 18.4. The maximum atomic E-state index is 12.6. The monoisotopic (exact) mass is 492 g/mol. The number of rotatable bonds is 8. The summed E-state index contributed by atoms with van der Waals surface area (Å²) in [5.74, 6) is 0.561. The van der Waals surface area contributed by atoms with Gasteiger partial charge in [-0.2, -0.15) is 4.72 Å². The van der Waals surface area contributed by atoms with Gasteiger partial charge in [-0.1, -0.05) is 6.07 Å². The summed E-state index contributed by atoms with van der Waals surface area (Å²) in [5.41, 5.74) is 0.777. The molecule has 0 bridgehead atoms. The Morgan fingerprint density at radius 2 is 1.65 bits per heavy atom. The number of benzene rings is 2. The summed E-state index contributed by atoms with van der Waals surface area (Å²) < 4.78 is 53.8. The van der Waals surface area contributed by atoms with Crippen LogP contribution < -0.4 is 29.0 Å². The van der Waals surface area contributed by atoms with E-state index in [1.807, 2.05) is 0 Å². The van der Waals surface area contributed by atoms with Gasteiger partial charge in [0.15, 0.2) is 29.1 Å². The summed E-state index contributed by atoms with van der Waals surface area (Å²) in [6.07, 6.45) is -0.437. The van der Waals surface area contributed by atoms with E-state index >= 15 is 0 Å². The fourth-order valence-corrected chi connectivity index (χ4v) is 4.21. The molecular weight excluding hydrogens is 468 g/mol. The lowest BCUT2D eigenvalue weighted by atomic mass is 10.2. The largest absolute Gasteiger partial charge is 0.490 e. The molecule has 4 rings (SSSR count). The second-order valence-electron chi connectivity index (χ2n) is 7.52. The Hall–Kier alpha value is -3.51. The second kappa shape index (κ2) is 10.2. The number of ether oxygens (including phenoxy) is 5. The molecule has 34 heavy (non-hydrogen) atoms. The minimum Gasteiger partial charge on any atom is -0.490 e. The Morgan fingerprint density at radius 1 is 0.971 bits per heavy atom. The van der Waals surface area contributed by atoms with E-state index in [-0.39, 0.29) is 18.2 Å². The molecule has 11 nitrogen and oxygen atoms in total. The molecule has 0 aliphatic carbocycles. The van der Waals surface area contributed by atoms with Gasteiger partial charge in [0.25, 0.3) is 5.91 Å². The van der Waals surface area contributed by atoms with Crippen molar-refractivity contribution < 1.29 is 41.7 Å². The van der Waals surface area contributed by atoms with Crippen LogP contribution in [0, 0.1) is 0 Å². The van der Waals surface area contributed by atoms with Crippen molar-refractivity contribution in [3.05, 3.63) is 42.0 Å². The van der Waals surface area contributed by atoms with Gasteiger partial charge in [0.1, 0.15) is 6.54 Å². The van der Waals surface area contributed by atoms with Crippen molar-refractivity contribution >= 4 is 21.9 Å². The zero-order chi connectivity index (χ0) is 24.1. The van der Waals surface area contributed by atoms with Crippen LogP contribution in [-0.4, -0.2) is 52.9 Å². The first-order valence-corrected chi connectivity index (χ1v) is 12.1. The topological polar surface area (TPSA) is 138 Å². The predicted molar refractivity (Wildman–Crippen MR) is 117 cm³/mol. The highest BCUT2D eigenvalue weighted by Crippen LogP contribution is 2.33. The molecule has 0 radical (unpaired) electrons. The van der Waals surface area contributed by atoms with Gasteiger partial charge in [-0.05, 0) is 36.8 Å². The fourth-order valence-electron chi connectivity index (χ4n) is 3.22. The number of nitrogens with one attached hydrogen (secondary N) is 2. The number of hydrogen-bond donors (Lipinski definition) is 2. The summed E-state index contributed by atoms with van der Waals surface area (Å²) in [7, 11) is -4.02. The molecule has 0 unspecified atom stereocenters. The highest BCUT2D eigenvalue weighted by Gasteiger charge is 2.22. The molecule has 2 aromatic rings. The summed E-state index contributed by atoms with van der Waals surface area (Å²) in [5, 5.41) is 2.65. The average Bonchev–Trinajstić information content (AvgIpc) is 3.16. The maximum Gasteiger partial charge on any atom is 0.321 e. The van der Waals surface area contributed by atoms with E-state index in [1.54, 1.807) is 18.2 Å². The first kappa shape index (κ1) is 23.6. The van der Waals surface area contributed by atoms with Crippen LogP contribution in [0.15, 0.2) is 41.3 Å². The third kappa shape index (κ3) is 5.69. The van der Waals surface area contributed by atoms with E-state index in [2.05, 4.69) is 10.0 Å². The zero-order valence-corrected chi connectivity index (χ0v) is 19.2. The summed E-state index contributed by atoms with van der Waals surface area (Å²) >= 11 is 0. The molecule has 2 aliphatic rings. The number of carbonyl (C=O) groups is 2. The number of amides is 1. The van der Waals surface area contributed by atoms with Crippen LogP contribution in [0.3, 0.4) is 0 Å². The third-order valence-corrected chi connectivity index (χ3v) is 6.42. The molecule has 2 N–H and O–H groups in total. The number of sulfonamides is 1. The van der Waals surface area contributed by atoms with Gasteiger partial charge in [0.2, 0.25) is 16.8 Å². The molecule has 0 saturated heterocycles. The van der Waals surface area contributed by atoms with Crippen LogP contribution in [0.1, 0.15) is 18.9 Å². The summed E-state index contributed by atoms with van der Waals surface area (Å²) in [6.45, 7) is 1.98. The first-order valence-electron chi connectivity index (χ1n) is 10.6. The quantitative estimate of drug-likeness (QED) is 0.519. The van der Waals surface area contributed by atoms with Gasteiger partial charge in [-0.25, -0.2) is 8.42 Å². The minimum atomic E-state index is -4.02. The van der Waals surface area contributed by atoms with Crippen molar-refractivity contribution in [1.29, 1.82) is 0 Å². The van der Waals surface area contributed by atoms with E-state index in [1.165, 1.54) is 25.1 Å². The van der Waals surface area contributed by atoms with E-state index in [4.69, 9.17) is 23.7 Å². The van der Waals surface area contributed by atoms with Crippen molar-refractivity contribution in [2.24, 2.45) is 0 Å². The molecule has 182 valence electrons. The van der Waals surface area contributed by atoms with Crippen LogP contribution in [0.5, 0.6) is 23.0 Å². The molecule has 2 aromatic carbocycles. The van der Waals surface area contributed by atoms with Crippen molar-refractivity contribution in [1.82, 2.24) is 10.0 Å². The van der Waals surface area contributed by atoms with E-state index < -0.39 is 34.5 Å². The smallest absolute Gasteiger partial charge is 0.321 e. The summed E-state index contributed by atoms with van der Waals surface area (Å²) in [6, 6.07) is 9.45. The van der Waals surface area contributed by atoms with Gasteiger partial charge >= 0.3 is 5.97 Å². The standard InChI is InChI=1S/C22H24N2O9S/c1-14(22(26)23-11-15-3-5-18-19(9-15)32-13-31-18)33-21(25)12-24-34(27,28)16-4-6-17-20(10-16)30-8-2-7-29-17/h3-6,9-10,14,24H,2,7-8,11-13H2,1H3,(H,23,26)/t14-/m0/s1. The minimum absolute atomic E-state index is 0.0842. The Bertz CT molecular complexity index is 1180. The number of esters is 1. The maximum absolute atomic E-state index is 12.6.